The van der Waals surface area contributed by atoms with Crippen molar-refractivity contribution in [3.63, 3.8) is 0 Å². The summed E-state index contributed by atoms with van der Waals surface area (Å²) in [7, 11) is 0. The summed E-state index contributed by atoms with van der Waals surface area (Å²) in [6.45, 7) is 10.4. The first-order valence-corrected chi connectivity index (χ1v) is 27.5. The minimum atomic E-state index is -0.688. The van der Waals surface area contributed by atoms with Gasteiger partial charge in [-0.3, -0.25) is 29.3 Å². The average molecular weight is 978 g/mol. The van der Waals surface area contributed by atoms with Gasteiger partial charge in [-0.05, 0) is 146 Å². The predicted molar refractivity (Wildman–Crippen MR) is 275 cm³/mol. The number of hydrogen-bond donors (Lipinski definition) is 2. The van der Waals surface area contributed by atoms with E-state index in [4.69, 9.17) is 9.97 Å². The zero-order valence-corrected chi connectivity index (χ0v) is 42.2. The number of likely N-dealkylation sites (tertiary alicyclic amines) is 3. The third-order valence-corrected chi connectivity index (χ3v) is 17.9. The molecule has 0 radical (unpaired) electrons. The Bertz CT molecular complexity index is 2740. The van der Waals surface area contributed by atoms with Crippen LogP contribution < -0.4 is 20.4 Å². The van der Waals surface area contributed by atoms with Gasteiger partial charge in [-0.2, -0.15) is 0 Å². The van der Waals surface area contributed by atoms with E-state index in [1.165, 1.54) is 19.3 Å². The highest BCUT2D eigenvalue weighted by molar-refractivity contribution is 6.09. The molecule has 16 heteroatoms. The summed E-state index contributed by atoms with van der Waals surface area (Å²) in [6.07, 6.45) is 17.6. The highest BCUT2D eigenvalue weighted by Crippen LogP contribution is 2.52. The van der Waals surface area contributed by atoms with Crippen LogP contribution in [0, 0.1) is 11.8 Å². The third-order valence-electron chi connectivity index (χ3n) is 17.9. The molecular weight excluding hydrogens is 907 g/mol. The highest BCUT2D eigenvalue weighted by atomic mass is 16.2. The van der Waals surface area contributed by atoms with E-state index >= 15 is 4.79 Å². The van der Waals surface area contributed by atoms with E-state index in [0.29, 0.717) is 70.4 Å². The van der Waals surface area contributed by atoms with Gasteiger partial charge in [0.1, 0.15) is 11.3 Å². The molecule has 1 spiro atoms. The molecule has 5 amide bonds. The summed E-state index contributed by atoms with van der Waals surface area (Å²) >= 11 is 0. The number of pyridine rings is 2. The second-order valence-corrected chi connectivity index (χ2v) is 22.8. The average Bonchev–Trinajstić information content (AvgIpc) is 4.05. The van der Waals surface area contributed by atoms with Gasteiger partial charge < -0.3 is 34.4 Å². The zero-order valence-electron chi connectivity index (χ0n) is 42.2. The molecule has 9 heterocycles. The highest BCUT2D eigenvalue weighted by Gasteiger charge is 2.56. The van der Waals surface area contributed by atoms with Crippen LogP contribution in [0.25, 0.3) is 22.3 Å². The van der Waals surface area contributed by atoms with Crippen molar-refractivity contribution in [1.29, 1.82) is 0 Å². The number of hydrogen-bond acceptors (Lipinski definition) is 11. The molecular formula is C56H71N11O5. The van der Waals surface area contributed by atoms with Crippen molar-refractivity contribution in [2.45, 2.75) is 152 Å². The van der Waals surface area contributed by atoms with Crippen LogP contribution in [-0.4, -0.2) is 134 Å². The van der Waals surface area contributed by atoms with Crippen LogP contribution in [0.5, 0.6) is 0 Å². The number of fused-ring (bicyclic) bond motifs is 3. The lowest BCUT2D eigenvalue weighted by atomic mass is 9.73. The molecule has 4 aromatic rings. The molecule has 1 aromatic carbocycles. The molecule has 2 saturated carbocycles. The van der Waals surface area contributed by atoms with Gasteiger partial charge in [0.15, 0.2) is 5.82 Å². The largest absolute Gasteiger partial charge is 0.366 e. The Balaban J connectivity index is 0.702. The molecule has 72 heavy (non-hydrogen) atoms. The number of imide groups is 1. The Labute approximate surface area is 422 Å². The number of rotatable bonds is 11. The van der Waals surface area contributed by atoms with Crippen molar-refractivity contribution in [1.82, 2.24) is 39.5 Å². The van der Waals surface area contributed by atoms with Crippen LogP contribution in [0.15, 0.2) is 48.9 Å². The predicted octanol–water partition coefficient (Wildman–Crippen LogP) is 6.94. The SMILES string of the molecule is CC(C)n1cnc2cc(-c3ccc4c(c3)N(C3CC(N5CCCCC5)C3)C(=O)C43CCN(C(=O)[C@H]4CCCN(C(=O)CC5CCN(c6ccc([C@H]7CCC(=O)NC7=O)cn6)CC5)C4)CC3)nc(NC3CC3)c21. The van der Waals surface area contributed by atoms with E-state index in [0.717, 1.165) is 128 Å². The number of nitrogens with one attached hydrogen (secondary N) is 2. The number of carbonyl (C=O) groups is 5. The van der Waals surface area contributed by atoms with Gasteiger partial charge in [0.2, 0.25) is 29.5 Å². The fourth-order valence-corrected chi connectivity index (χ4v) is 13.4. The standard InChI is InChI=1S/C56H71N11O5/c1-35(2)66-34-58-46-31-45(60-52(51(46)66)59-40-10-11-40)37-8-13-44-47(28-37)67(42-29-41(30-42)62-20-4-3-5-21-62)55(72)56(44)18-25-64(26-19-56)54(71)39-7-6-22-65(33-39)50(69)27-36-16-23-63(24-17-36)48-14-9-38(32-57-48)43-12-15-49(68)61-53(43)70/h8-9,13-14,28,31-32,34-36,39-43H,3-7,10-12,15-27,29-30,33H2,1-2H3,(H,59,60)(H,61,68,70)/t39-,41?,42?,43+/m0/s1. The van der Waals surface area contributed by atoms with Crippen molar-refractivity contribution in [3.05, 3.63) is 60.0 Å². The monoisotopic (exact) mass is 978 g/mol. The Hall–Kier alpha value is -5.90. The first-order valence-electron chi connectivity index (χ1n) is 27.5. The number of aromatic nitrogens is 4. The molecule has 2 atom stereocenters. The van der Waals surface area contributed by atoms with Crippen molar-refractivity contribution in [2.75, 3.05) is 67.5 Å². The summed E-state index contributed by atoms with van der Waals surface area (Å²) < 4.78 is 2.20. The fraction of sp³-hybridized carbons (Fsp3) is 0.607. The van der Waals surface area contributed by atoms with E-state index in [-0.39, 0.29) is 59.4 Å². The molecule has 7 fully saturated rings. The number of carbonyl (C=O) groups excluding carboxylic acids is 5. The second kappa shape index (κ2) is 19.2. The van der Waals surface area contributed by atoms with Gasteiger partial charge in [0.05, 0.1) is 34.8 Å². The van der Waals surface area contributed by atoms with Crippen LogP contribution in [0.1, 0.15) is 140 Å². The number of benzene rings is 1. The summed E-state index contributed by atoms with van der Waals surface area (Å²) in [5.74, 6) is 1.36. The maximum Gasteiger partial charge on any atom is 0.238 e. The number of nitrogens with zero attached hydrogens (tertiary/aromatic N) is 9. The van der Waals surface area contributed by atoms with Gasteiger partial charge in [-0.1, -0.05) is 24.6 Å². The molecule has 2 aliphatic carbocycles. The van der Waals surface area contributed by atoms with Gasteiger partial charge in [-0.15, -0.1) is 0 Å². The second-order valence-electron chi connectivity index (χ2n) is 22.8. The zero-order chi connectivity index (χ0) is 49.3. The van der Waals surface area contributed by atoms with Crippen molar-refractivity contribution >= 4 is 57.9 Å². The minimum absolute atomic E-state index is 0.116. The van der Waals surface area contributed by atoms with E-state index in [1.807, 2.05) is 28.3 Å². The van der Waals surface area contributed by atoms with E-state index in [1.54, 1.807) is 6.20 Å². The van der Waals surface area contributed by atoms with Crippen LogP contribution in [0.2, 0.25) is 0 Å². The van der Waals surface area contributed by atoms with Crippen LogP contribution in [0.4, 0.5) is 17.3 Å². The van der Waals surface area contributed by atoms with Crippen molar-refractivity contribution < 1.29 is 24.0 Å². The number of piperidine rings is 5. The first-order chi connectivity index (χ1) is 35.0. The molecule has 12 rings (SSSR count). The lowest BCUT2D eigenvalue weighted by molar-refractivity contribution is -0.144. The third kappa shape index (κ3) is 8.82. The molecule has 6 aliphatic heterocycles. The molecule has 0 unspecified atom stereocenters. The Morgan fingerprint density at radius 3 is 2.33 bits per heavy atom. The number of imidazole rings is 1. The smallest absolute Gasteiger partial charge is 0.238 e. The molecule has 3 aromatic heterocycles. The normalized spacial score (nSPS) is 26.1. The van der Waals surface area contributed by atoms with Gasteiger partial charge in [0.25, 0.3) is 0 Å². The van der Waals surface area contributed by atoms with E-state index in [9.17, 15) is 19.2 Å². The topological polar surface area (TPSA) is 169 Å². The van der Waals surface area contributed by atoms with Gasteiger partial charge >= 0.3 is 0 Å². The maximum atomic E-state index is 15.3. The summed E-state index contributed by atoms with van der Waals surface area (Å²) in [5.41, 5.74) is 6.02. The number of anilines is 3. The van der Waals surface area contributed by atoms with Crippen molar-refractivity contribution in [2.24, 2.45) is 11.8 Å². The maximum absolute atomic E-state index is 15.3. The molecule has 0 bridgehead atoms. The molecule has 380 valence electrons. The number of amides is 5. The van der Waals surface area contributed by atoms with Crippen LogP contribution in [0.3, 0.4) is 0 Å². The van der Waals surface area contributed by atoms with E-state index in [2.05, 4.69) is 73.0 Å². The summed E-state index contributed by atoms with van der Waals surface area (Å²) in [5, 5.41) is 6.14. The fourth-order valence-electron chi connectivity index (χ4n) is 13.4. The summed E-state index contributed by atoms with van der Waals surface area (Å²) in [4.78, 5) is 93.3. The van der Waals surface area contributed by atoms with Gasteiger partial charge in [0, 0.05) is 93.7 Å². The van der Waals surface area contributed by atoms with Crippen molar-refractivity contribution in [3.8, 4) is 11.3 Å². The minimum Gasteiger partial charge on any atom is -0.366 e. The Morgan fingerprint density at radius 2 is 1.61 bits per heavy atom. The van der Waals surface area contributed by atoms with Gasteiger partial charge in [-0.25, -0.2) is 15.0 Å². The quantitative estimate of drug-likeness (QED) is 0.150. The van der Waals surface area contributed by atoms with Crippen LogP contribution in [-0.2, 0) is 29.4 Å². The molecule has 2 N–H and O–H groups in total. The summed E-state index contributed by atoms with van der Waals surface area (Å²) in [6, 6.07) is 13.9. The Kier molecular flexibility index (Phi) is 12.6. The molecule has 8 aliphatic rings. The lowest BCUT2D eigenvalue weighted by Gasteiger charge is -2.48. The first kappa shape index (κ1) is 47.1. The van der Waals surface area contributed by atoms with Crippen LogP contribution >= 0.6 is 0 Å². The Morgan fingerprint density at radius 1 is 0.819 bits per heavy atom. The van der Waals surface area contributed by atoms with E-state index < -0.39 is 5.41 Å². The molecule has 5 saturated heterocycles. The molecule has 16 nitrogen and oxygen atoms in total. The lowest BCUT2D eigenvalue weighted by Crippen LogP contribution is -2.58.